The lowest BCUT2D eigenvalue weighted by Gasteiger charge is -2.38. The molecule has 140 valence electrons. The second kappa shape index (κ2) is 6.09. The van der Waals surface area contributed by atoms with Crippen LogP contribution in [-0.4, -0.2) is 10.0 Å². The predicted octanol–water partition coefficient (Wildman–Crippen LogP) is 5.59. The zero-order valence-corrected chi connectivity index (χ0v) is 15.4. The first-order chi connectivity index (χ1) is 13.6. The first-order valence-corrected chi connectivity index (χ1v) is 9.48. The molecule has 5 nitrogen and oxygen atoms in total. The lowest BCUT2D eigenvalue weighted by atomic mass is 9.74. The average Bonchev–Trinajstić information content (AvgIpc) is 3.18. The maximum atomic E-state index is 11.7. The summed E-state index contributed by atoms with van der Waals surface area (Å²) in [5.74, 6) is 0.331. The number of nitro groups is 1. The Bertz CT molecular complexity index is 1150. The summed E-state index contributed by atoms with van der Waals surface area (Å²) in [4.78, 5) is 11.4. The fourth-order valence-electron chi connectivity index (χ4n) is 4.89. The van der Waals surface area contributed by atoms with E-state index in [1.54, 1.807) is 18.2 Å². The standard InChI is InChI=1S/C23H20N2O3/c1-13-9-11-18(25(27)28)20-16-7-4-8-17(16)23(24-22(13)20)21-15-6-3-2-5-14(15)10-12-19(21)26/h2-7,9-12,16-17,23-24,26H,8H2,1H3. The van der Waals surface area contributed by atoms with Crippen LogP contribution in [0.15, 0.2) is 60.7 Å². The van der Waals surface area contributed by atoms with Crippen molar-refractivity contribution >= 4 is 22.1 Å². The third-order valence-electron chi connectivity index (χ3n) is 6.16. The third kappa shape index (κ3) is 2.32. The molecule has 3 atom stereocenters. The van der Waals surface area contributed by atoms with Crippen molar-refractivity contribution in [3.05, 3.63) is 87.5 Å². The number of allylic oxidation sites excluding steroid dienone is 2. The van der Waals surface area contributed by atoms with Crippen molar-refractivity contribution in [1.82, 2.24) is 0 Å². The number of aryl methyl sites for hydroxylation is 1. The SMILES string of the molecule is Cc1ccc([N+](=O)[O-])c2c1NC(c1c(O)ccc3ccccc13)C1CC=CC21. The normalized spacial score (nSPS) is 22.5. The van der Waals surface area contributed by atoms with Gasteiger partial charge in [-0.3, -0.25) is 10.1 Å². The topological polar surface area (TPSA) is 75.4 Å². The molecule has 2 aliphatic rings. The minimum absolute atomic E-state index is 0.0417. The monoisotopic (exact) mass is 372 g/mol. The fourth-order valence-corrected chi connectivity index (χ4v) is 4.89. The van der Waals surface area contributed by atoms with E-state index in [0.717, 1.165) is 39.6 Å². The Balaban J connectivity index is 1.75. The maximum absolute atomic E-state index is 11.7. The van der Waals surface area contributed by atoms with Crippen molar-refractivity contribution in [3.8, 4) is 5.75 Å². The molecule has 2 N–H and O–H groups in total. The highest BCUT2D eigenvalue weighted by atomic mass is 16.6. The Morgan fingerprint density at radius 1 is 1.11 bits per heavy atom. The van der Waals surface area contributed by atoms with Gasteiger partial charge in [0.1, 0.15) is 5.75 Å². The van der Waals surface area contributed by atoms with Crippen LogP contribution in [0.4, 0.5) is 11.4 Å². The number of phenols is 1. The summed E-state index contributed by atoms with van der Waals surface area (Å²) in [6.07, 6.45) is 5.01. The number of phenolic OH excluding ortho intramolecular Hbond substituents is 1. The molecule has 3 aromatic rings. The first-order valence-electron chi connectivity index (χ1n) is 9.48. The number of fused-ring (bicyclic) bond motifs is 4. The van der Waals surface area contributed by atoms with E-state index in [1.807, 2.05) is 37.3 Å². The molecular formula is C23H20N2O3. The van der Waals surface area contributed by atoms with Crippen LogP contribution >= 0.6 is 0 Å². The molecule has 0 fully saturated rings. The van der Waals surface area contributed by atoms with Gasteiger partial charge in [0.05, 0.1) is 16.5 Å². The summed E-state index contributed by atoms with van der Waals surface area (Å²) < 4.78 is 0. The summed E-state index contributed by atoms with van der Waals surface area (Å²) in [6.45, 7) is 1.97. The van der Waals surface area contributed by atoms with Crippen molar-refractivity contribution in [2.75, 3.05) is 5.32 Å². The molecule has 0 spiro atoms. The van der Waals surface area contributed by atoms with Gasteiger partial charge in [-0.15, -0.1) is 0 Å². The van der Waals surface area contributed by atoms with Gasteiger partial charge in [-0.05, 0) is 41.7 Å². The largest absolute Gasteiger partial charge is 0.508 e. The van der Waals surface area contributed by atoms with Gasteiger partial charge >= 0.3 is 0 Å². The molecule has 28 heavy (non-hydrogen) atoms. The molecule has 0 saturated heterocycles. The molecule has 3 aromatic carbocycles. The lowest BCUT2D eigenvalue weighted by Crippen LogP contribution is -2.30. The molecule has 1 heterocycles. The fraction of sp³-hybridized carbons (Fsp3) is 0.217. The summed E-state index contributed by atoms with van der Waals surface area (Å²) in [5, 5.41) is 28.1. The second-order valence-electron chi connectivity index (χ2n) is 7.64. The Morgan fingerprint density at radius 2 is 1.93 bits per heavy atom. The van der Waals surface area contributed by atoms with Gasteiger partial charge in [0.2, 0.25) is 0 Å². The predicted molar refractivity (Wildman–Crippen MR) is 110 cm³/mol. The Kier molecular flexibility index (Phi) is 3.66. The number of nitrogens with one attached hydrogen (secondary N) is 1. The number of benzene rings is 3. The number of rotatable bonds is 2. The van der Waals surface area contributed by atoms with E-state index in [1.165, 1.54) is 0 Å². The molecule has 0 radical (unpaired) electrons. The molecule has 0 aromatic heterocycles. The third-order valence-corrected chi connectivity index (χ3v) is 6.16. The molecule has 5 heteroatoms. The van der Waals surface area contributed by atoms with E-state index in [4.69, 9.17) is 0 Å². The highest BCUT2D eigenvalue weighted by Gasteiger charge is 2.43. The molecule has 5 rings (SSSR count). The molecule has 3 unspecified atom stereocenters. The summed E-state index contributed by atoms with van der Waals surface area (Å²) >= 11 is 0. The summed E-state index contributed by atoms with van der Waals surface area (Å²) in [7, 11) is 0. The van der Waals surface area contributed by atoms with Gasteiger partial charge in [-0.1, -0.05) is 48.6 Å². The van der Waals surface area contributed by atoms with Gasteiger partial charge in [-0.25, -0.2) is 0 Å². The number of nitrogens with zero attached hydrogens (tertiary/aromatic N) is 1. The smallest absolute Gasteiger partial charge is 0.275 e. The molecule has 0 bridgehead atoms. The van der Waals surface area contributed by atoms with Crippen LogP contribution in [-0.2, 0) is 0 Å². The van der Waals surface area contributed by atoms with Crippen LogP contribution in [0.1, 0.15) is 35.1 Å². The van der Waals surface area contributed by atoms with Crippen LogP contribution in [0, 0.1) is 23.0 Å². The summed E-state index contributed by atoms with van der Waals surface area (Å²) in [5.41, 5.74) is 3.59. The quantitative estimate of drug-likeness (QED) is 0.349. The zero-order valence-electron chi connectivity index (χ0n) is 15.4. The van der Waals surface area contributed by atoms with Crippen LogP contribution in [0.2, 0.25) is 0 Å². The first kappa shape index (κ1) is 16.8. The van der Waals surface area contributed by atoms with E-state index in [0.29, 0.717) is 0 Å². The molecular weight excluding hydrogens is 352 g/mol. The number of aromatic hydroxyl groups is 1. The van der Waals surface area contributed by atoms with Crippen molar-refractivity contribution in [2.45, 2.75) is 25.3 Å². The van der Waals surface area contributed by atoms with Gasteiger partial charge in [-0.2, -0.15) is 0 Å². The maximum Gasteiger partial charge on any atom is 0.275 e. The van der Waals surface area contributed by atoms with Gasteiger partial charge in [0, 0.05) is 23.2 Å². The zero-order chi connectivity index (χ0) is 19.4. The average molecular weight is 372 g/mol. The Morgan fingerprint density at radius 3 is 2.75 bits per heavy atom. The minimum Gasteiger partial charge on any atom is -0.508 e. The van der Waals surface area contributed by atoms with Gasteiger partial charge < -0.3 is 10.4 Å². The van der Waals surface area contributed by atoms with E-state index in [2.05, 4.69) is 17.5 Å². The van der Waals surface area contributed by atoms with Gasteiger partial charge in [0.15, 0.2) is 0 Å². The number of hydrogen-bond donors (Lipinski definition) is 2. The van der Waals surface area contributed by atoms with Crippen molar-refractivity contribution in [3.63, 3.8) is 0 Å². The summed E-state index contributed by atoms with van der Waals surface area (Å²) in [6, 6.07) is 15.0. The number of hydrogen-bond acceptors (Lipinski definition) is 4. The lowest BCUT2D eigenvalue weighted by molar-refractivity contribution is -0.385. The van der Waals surface area contributed by atoms with E-state index >= 15 is 0 Å². The van der Waals surface area contributed by atoms with E-state index in [9.17, 15) is 15.2 Å². The van der Waals surface area contributed by atoms with Gasteiger partial charge in [0.25, 0.3) is 5.69 Å². The second-order valence-corrected chi connectivity index (χ2v) is 7.64. The van der Waals surface area contributed by atoms with Crippen LogP contribution < -0.4 is 5.32 Å². The van der Waals surface area contributed by atoms with Crippen LogP contribution in [0.5, 0.6) is 5.75 Å². The van der Waals surface area contributed by atoms with Crippen LogP contribution in [0.3, 0.4) is 0 Å². The van der Waals surface area contributed by atoms with Crippen molar-refractivity contribution < 1.29 is 10.0 Å². The molecule has 0 amide bonds. The Hall–Kier alpha value is -3.34. The minimum atomic E-state index is -0.293. The number of nitro benzene ring substituents is 1. The van der Waals surface area contributed by atoms with E-state index < -0.39 is 0 Å². The van der Waals surface area contributed by atoms with E-state index in [-0.39, 0.29) is 34.2 Å². The van der Waals surface area contributed by atoms with Crippen molar-refractivity contribution in [1.29, 1.82) is 0 Å². The Labute approximate surface area is 162 Å². The molecule has 1 aliphatic carbocycles. The number of anilines is 1. The molecule has 0 saturated carbocycles. The van der Waals surface area contributed by atoms with Crippen LogP contribution in [0.25, 0.3) is 10.8 Å². The highest BCUT2D eigenvalue weighted by molar-refractivity contribution is 5.89. The molecule has 1 aliphatic heterocycles. The van der Waals surface area contributed by atoms with Crippen molar-refractivity contribution in [2.24, 2.45) is 5.92 Å². The highest BCUT2D eigenvalue weighted by Crippen LogP contribution is 2.55.